The largest absolute Gasteiger partial charge is 0.484 e. The van der Waals surface area contributed by atoms with Crippen molar-refractivity contribution in [3.8, 4) is 5.75 Å². The maximum atomic E-state index is 12.6. The number of likely N-dealkylation sites (tertiary alicyclic amines) is 1. The van der Waals surface area contributed by atoms with Gasteiger partial charge < -0.3 is 14.4 Å². The average Bonchev–Trinajstić information content (AvgIpc) is 2.46. The quantitative estimate of drug-likeness (QED) is 0.727. The third-order valence-corrected chi connectivity index (χ3v) is 4.44. The lowest BCUT2D eigenvalue weighted by Gasteiger charge is -2.44. The van der Waals surface area contributed by atoms with Gasteiger partial charge >= 0.3 is 6.09 Å². The van der Waals surface area contributed by atoms with Crippen LogP contribution in [0.5, 0.6) is 5.75 Å². The van der Waals surface area contributed by atoms with E-state index in [0.717, 1.165) is 18.4 Å². The predicted octanol–water partition coefficient (Wildman–Crippen LogP) is 3.73. The molecule has 0 N–H and O–H groups in total. The normalized spacial score (nSPS) is 23.7. The van der Waals surface area contributed by atoms with Crippen molar-refractivity contribution in [3.05, 3.63) is 29.3 Å². The van der Waals surface area contributed by atoms with E-state index in [1.165, 1.54) is 0 Å². The fourth-order valence-electron chi connectivity index (χ4n) is 3.42. The number of hydrogen-bond donors (Lipinski definition) is 0. The summed E-state index contributed by atoms with van der Waals surface area (Å²) in [5.41, 5.74) is 0.527. The fraction of sp³-hybridized carbons (Fsp3) is 0.579. The van der Waals surface area contributed by atoms with Gasteiger partial charge in [0, 0.05) is 6.54 Å². The Labute approximate surface area is 142 Å². The van der Waals surface area contributed by atoms with Crippen molar-refractivity contribution in [2.45, 2.75) is 58.2 Å². The van der Waals surface area contributed by atoms with E-state index >= 15 is 0 Å². The number of carbonyl (C=O) groups is 2. The number of rotatable bonds is 0. The number of carbonyl (C=O) groups excluding carboxylic acids is 2. The van der Waals surface area contributed by atoms with E-state index in [1.54, 1.807) is 4.90 Å². The summed E-state index contributed by atoms with van der Waals surface area (Å²) in [6, 6.07) is 5.68. The zero-order valence-corrected chi connectivity index (χ0v) is 14.8. The molecule has 2 aliphatic heterocycles. The van der Waals surface area contributed by atoms with Gasteiger partial charge in [-0.2, -0.15) is 0 Å². The molecule has 5 heteroatoms. The van der Waals surface area contributed by atoms with E-state index in [-0.39, 0.29) is 11.9 Å². The number of ether oxygens (including phenoxy) is 2. The first kappa shape index (κ1) is 16.8. The molecule has 1 fully saturated rings. The van der Waals surface area contributed by atoms with Crippen LogP contribution in [0, 0.1) is 6.92 Å². The number of hydrogen-bond acceptors (Lipinski definition) is 4. The van der Waals surface area contributed by atoms with Gasteiger partial charge in [-0.25, -0.2) is 4.79 Å². The van der Waals surface area contributed by atoms with E-state index in [1.807, 2.05) is 45.9 Å². The number of aryl methyl sites for hydroxylation is 1. The lowest BCUT2D eigenvalue weighted by Crippen LogP contribution is -2.56. The summed E-state index contributed by atoms with van der Waals surface area (Å²) in [6.45, 7) is 8.54. The number of ketones is 1. The maximum absolute atomic E-state index is 12.6. The van der Waals surface area contributed by atoms with Crippen LogP contribution in [0.2, 0.25) is 0 Å². The summed E-state index contributed by atoms with van der Waals surface area (Å²) in [7, 11) is 0. The van der Waals surface area contributed by atoms with Gasteiger partial charge in [-0.1, -0.05) is 11.6 Å². The second kappa shape index (κ2) is 5.80. The molecule has 2 aliphatic rings. The van der Waals surface area contributed by atoms with Crippen LogP contribution >= 0.6 is 0 Å². The number of nitrogens with zero attached hydrogens (tertiary/aromatic N) is 1. The molecule has 5 nitrogen and oxygen atoms in total. The molecule has 2 heterocycles. The zero-order valence-electron chi connectivity index (χ0n) is 14.8. The molecule has 1 aromatic rings. The molecule has 130 valence electrons. The SMILES string of the molecule is Cc1ccc2c(c1)C(=O)C[C@]1(CCCN(C(=O)OC(C)(C)C)C1)O2. The highest BCUT2D eigenvalue weighted by Gasteiger charge is 2.45. The van der Waals surface area contributed by atoms with Crippen LogP contribution in [-0.2, 0) is 4.74 Å². The van der Waals surface area contributed by atoms with Crippen molar-refractivity contribution < 1.29 is 19.1 Å². The van der Waals surface area contributed by atoms with Gasteiger partial charge in [0.25, 0.3) is 0 Å². The maximum Gasteiger partial charge on any atom is 0.410 e. The third kappa shape index (κ3) is 3.40. The van der Waals surface area contributed by atoms with Crippen molar-refractivity contribution in [1.82, 2.24) is 4.90 Å². The monoisotopic (exact) mass is 331 g/mol. The molecule has 0 radical (unpaired) electrons. The van der Waals surface area contributed by atoms with Crippen molar-refractivity contribution in [1.29, 1.82) is 0 Å². The molecule has 0 saturated carbocycles. The first-order valence-electron chi connectivity index (χ1n) is 8.48. The number of Topliss-reactive ketones (excluding diaryl/α,β-unsaturated/α-hetero) is 1. The second-order valence-electron chi connectivity index (χ2n) is 7.89. The summed E-state index contributed by atoms with van der Waals surface area (Å²) < 4.78 is 11.7. The second-order valence-corrected chi connectivity index (χ2v) is 7.89. The smallest absolute Gasteiger partial charge is 0.410 e. The highest BCUT2D eigenvalue weighted by Crippen LogP contribution is 2.39. The van der Waals surface area contributed by atoms with Gasteiger partial charge in [0.05, 0.1) is 18.5 Å². The van der Waals surface area contributed by atoms with Crippen molar-refractivity contribution in [2.24, 2.45) is 0 Å². The molecule has 1 amide bonds. The summed E-state index contributed by atoms with van der Waals surface area (Å²) >= 11 is 0. The first-order chi connectivity index (χ1) is 11.2. The summed E-state index contributed by atoms with van der Waals surface area (Å²) in [6.07, 6.45) is 1.54. The van der Waals surface area contributed by atoms with Crippen LogP contribution in [-0.4, -0.2) is 41.1 Å². The Balaban J connectivity index is 1.80. The molecule has 0 unspecified atom stereocenters. The van der Waals surface area contributed by atoms with Crippen LogP contribution in [0.15, 0.2) is 18.2 Å². The van der Waals surface area contributed by atoms with Crippen molar-refractivity contribution in [3.63, 3.8) is 0 Å². The van der Waals surface area contributed by atoms with Gasteiger partial charge in [0.2, 0.25) is 0 Å². The molecule has 0 aromatic heterocycles. The zero-order chi connectivity index (χ0) is 17.5. The fourth-order valence-corrected chi connectivity index (χ4v) is 3.42. The summed E-state index contributed by atoms with van der Waals surface area (Å²) in [5, 5.41) is 0. The molecular weight excluding hydrogens is 306 g/mol. The van der Waals surface area contributed by atoms with Gasteiger partial charge in [0.1, 0.15) is 17.0 Å². The van der Waals surface area contributed by atoms with Crippen molar-refractivity contribution >= 4 is 11.9 Å². The molecule has 0 bridgehead atoms. The van der Waals surface area contributed by atoms with E-state index in [0.29, 0.717) is 30.8 Å². The lowest BCUT2D eigenvalue weighted by atomic mass is 9.83. The molecule has 0 aliphatic carbocycles. The summed E-state index contributed by atoms with van der Waals surface area (Å²) in [5.74, 6) is 0.717. The molecule has 1 atom stereocenters. The van der Waals surface area contributed by atoms with Crippen LogP contribution in [0.1, 0.15) is 56.0 Å². The number of amides is 1. The molecular formula is C19H25NO4. The standard InChI is InChI=1S/C19H25NO4/c1-13-6-7-16-14(10-13)15(21)11-19(23-16)8-5-9-20(12-19)17(22)24-18(2,3)4/h6-7,10H,5,8-9,11-12H2,1-4H3/t19-/m0/s1. The number of benzene rings is 1. The summed E-state index contributed by atoms with van der Waals surface area (Å²) in [4.78, 5) is 26.6. The number of fused-ring (bicyclic) bond motifs is 1. The van der Waals surface area contributed by atoms with E-state index in [9.17, 15) is 9.59 Å². The van der Waals surface area contributed by atoms with Gasteiger partial charge in [0.15, 0.2) is 5.78 Å². The van der Waals surface area contributed by atoms with Crippen LogP contribution in [0.25, 0.3) is 0 Å². The third-order valence-electron chi connectivity index (χ3n) is 4.44. The molecule has 3 rings (SSSR count). The minimum Gasteiger partial charge on any atom is -0.484 e. The lowest BCUT2D eigenvalue weighted by molar-refractivity contribution is -0.0334. The Morgan fingerprint density at radius 1 is 1.33 bits per heavy atom. The Bertz CT molecular complexity index is 676. The minimum atomic E-state index is -0.630. The van der Waals surface area contributed by atoms with Gasteiger partial charge in [-0.15, -0.1) is 0 Å². The number of piperidine rings is 1. The Morgan fingerprint density at radius 2 is 2.08 bits per heavy atom. The minimum absolute atomic E-state index is 0.0889. The van der Waals surface area contributed by atoms with E-state index < -0.39 is 11.2 Å². The molecule has 1 spiro atoms. The Hall–Kier alpha value is -2.04. The van der Waals surface area contributed by atoms with Crippen LogP contribution in [0.3, 0.4) is 0 Å². The Morgan fingerprint density at radius 3 is 2.79 bits per heavy atom. The molecule has 1 aromatic carbocycles. The van der Waals surface area contributed by atoms with Crippen LogP contribution in [0.4, 0.5) is 4.79 Å². The predicted molar refractivity (Wildman–Crippen MR) is 90.5 cm³/mol. The average molecular weight is 331 g/mol. The molecule has 24 heavy (non-hydrogen) atoms. The van der Waals surface area contributed by atoms with Gasteiger partial charge in [-0.3, -0.25) is 4.79 Å². The van der Waals surface area contributed by atoms with E-state index in [4.69, 9.17) is 9.47 Å². The van der Waals surface area contributed by atoms with Crippen molar-refractivity contribution in [2.75, 3.05) is 13.1 Å². The first-order valence-corrected chi connectivity index (χ1v) is 8.48. The molecule has 1 saturated heterocycles. The highest BCUT2D eigenvalue weighted by atomic mass is 16.6. The Kier molecular flexibility index (Phi) is 4.06. The van der Waals surface area contributed by atoms with Crippen LogP contribution < -0.4 is 4.74 Å². The highest BCUT2D eigenvalue weighted by molar-refractivity contribution is 6.00. The topological polar surface area (TPSA) is 55.8 Å². The van der Waals surface area contributed by atoms with E-state index in [2.05, 4.69) is 0 Å². The van der Waals surface area contributed by atoms with Gasteiger partial charge in [-0.05, 0) is 52.7 Å².